The highest BCUT2D eigenvalue weighted by atomic mass is 79.9. The van der Waals surface area contributed by atoms with E-state index in [2.05, 4.69) is 20.7 Å². The summed E-state index contributed by atoms with van der Waals surface area (Å²) in [5.74, 6) is -0.710. The van der Waals surface area contributed by atoms with Gasteiger partial charge in [0.2, 0.25) is 0 Å². The number of hydrogen-bond donors (Lipinski definition) is 0. The van der Waals surface area contributed by atoms with Crippen LogP contribution in [-0.4, -0.2) is 23.2 Å². The Labute approximate surface area is 123 Å². The molecule has 9 heteroatoms. The second-order valence-corrected chi connectivity index (χ2v) is 5.21. The van der Waals surface area contributed by atoms with Gasteiger partial charge >= 0.3 is 12.1 Å². The number of rotatable bonds is 6. The van der Waals surface area contributed by atoms with Crippen molar-refractivity contribution in [2.24, 2.45) is 0 Å². The van der Waals surface area contributed by atoms with Crippen LogP contribution in [-0.2, 0) is 11.2 Å². The maximum Gasteiger partial charge on any atom is 0.446 e. The van der Waals surface area contributed by atoms with Crippen molar-refractivity contribution >= 4 is 33.5 Å². The fourth-order valence-electron chi connectivity index (χ4n) is 1.34. The van der Waals surface area contributed by atoms with Crippen LogP contribution in [0, 0.1) is 0 Å². The third kappa shape index (κ3) is 6.08. The molecule has 112 valence electrons. The SMILES string of the molecule is O=C(CBr)Cc1ccc(OC(F)F)cc1SC(F)(F)F. The largest absolute Gasteiger partial charge is 0.446 e. The first-order valence-electron chi connectivity index (χ1n) is 5.12. The van der Waals surface area contributed by atoms with Crippen molar-refractivity contribution in [2.45, 2.75) is 23.4 Å². The van der Waals surface area contributed by atoms with Crippen LogP contribution in [0.15, 0.2) is 23.1 Å². The van der Waals surface area contributed by atoms with Gasteiger partial charge in [-0.15, -0.1) is 0 Å². The molecule has 0 aliphatic heterocycles. The maximum atomic E-state index is 12.4. The molecule has 1 aromatic carbocycles. The van der Waals surface area contributed by atoms with E-state index in [4.69, 9.17) is 0 Å². The summed E-state index contributed by atoms with van der Waals surface area (Å²) in [5, 5.41) is -0.00158. The normalized spacial score (nSPS) is 11.8. The number of hydrogen-bond acceptors (Lipinski definition) is 3. The molecule has 0 saturated heterocycles. The molecule has 20 heavy (non-hydrogen) atoms. The van der Waals surface area contributed by atoms with Crippen molar-refractivity contribution in [2.75, 3.05) is 5.33 Å². The summed E-state index contributed by atoms with van der Waals surface area (Å²) in [4.78, 5) is 10.9. The Hall–Kier alpha value is -0.830. The smallest absolute Gasteiger partial charge is 0.435 e. The minimum Gasteiger partial charge on any atom is -0.435 e. The van der Waals surface area contributed by atoms with Crippen molar-refractivity contribution in [3.63, 3.8) is 0 Å². The number of alkyl halides is 6. The van der Waals surface area contributed by atoms with Crippen LogP contribution in [0.3, 0.4) is 0 Å². The zero-order valence-corrected chi connectivity index (χ0v) is 12.1. The molecule has 0 aliphatic carbocycles. The van der Waals surface area contributed by atoms with Crippen molar-refractivity contribution in [3.8, 4) is 5.75 Å². The summed E-state index contributed by atoms with van der Waals surface area (Å²) in [6.45, 7) is -3.13. The van der Waals surface area contributed by atoms with Crippen molar-refractivity contribution < 1.29 is 31.5 Å². The number of Topliss-reactive ketones (excluding diaryl/α,β-unsaturated/α-hetero) is 1. The van der Waals surface area contributed by atoms with Gasteiger partial charge in [0.25, 0.3) is 0 Å². The standard InChI is InChI=1S/C11H8BrF5O2S/c12-5-7(18)3-6-1-2-8(19-10(13)14)4-9(6)20-11(15,16)17/h1-2,4,10H,3,5H2. The molecule has 0 aromatic heterocycles. The Kier molecular flexibility index (Phi) is 6.25. The first-order chi connectivity index (χ1) is 9.21. The Morgan fingerprint density at radius 2 is 2.00 bits per heavy atom. The van der Waals surface area contributed by atoms with Gasteiger partial charge in [-0.2, -0.15) is 22.0 Å². The molecule has 0 aliphatic rings. The lowest BCUT2D eigenvalue weighted by Gasteiger charge is -2.13. The van der Waals surface area contributed by atoms with Gasteiger partial charge in [-0.05, 0) is 29.5 Å². The van der Waals surface area contributed by atoms with Gasteiger partial charge in [-0.25, -0.2) is 0 Å². The van der Waals surface area contributed by atoms with E-state index in [1.54, 1.807) is 0 Å². The lowest BCUT2D eigenvalue weighted by molar-refractivity contribution is -0.115. The number of carbonyl (C=O) groups excluding carboxylic acids is 1. The molecular formula is C11H8BrF5O2S. The molecule has 0 atom stereocenters. The Bertz CT molecular complexity index is 478. The molecule has 0 bridgehead atoms. The van der Waals surface area contributed by atoms with Gasteiger partial charge in [0.15, 0.2) is 0 Å². The van der Waals surface area contributed by atoms with Crippen LogP contribution in [0.5, 0.6) is 5.75 Å². The number of halogens is 6. The minimum absolute atomic E-state index is 0.00158. The highest BCUT2D eigenvalue weighted by Crippen LogP contribution is 2.40. The predicted molar refractivity (Wildman–Crippen MR) is 67.5 cm³/mol. The van der Waals surface area contributed by atoms with Crippen molar-refractivity contribution in [1.82, 2.24) is 0 Å². The van der Waals surface area contributed by atoms with Crippen LogP contribution < -0.4 is 4.74 Å². The van der Waals surface area contributed by atoms with Gasteiger partial charge in [-0.3, -0.25) is 4.79 Å². The maximum absolute atomic E-state index is 12.4. The molecule has 0 N–H and O–H groups in total. The van der Waals surface area contributed by atoms with E-state index in [9.17, 15) is 26.7 Å². The highest BCUT2D eigenvalue weighted by Gasteiger charge is 2.31. The van der Waals surface area contributed by atoms with Gasteiger partial charge in [0, 0.05) is 11.3 Å². The third-order valence-electron chi connectivity index (χ3n) is 2.03. The number of thioether (sulfide) groups is 1. The van der Waals surface area contributed by atoms with E-state index < -0.39 is 23.9 Å². The van der Waals surface area contributed by atoms with E-state index in [0.717, 1.165) is 12.1 Å². The number of ether oxygens (including phenoxy) is 1. The van der Waals surface area contributed by atoms with Gasteiger partial charge in [0.05, 0.1) is 5.33 Å². The van der Waals surface area contributed by atoms with Crippen LogP contribution in [0.1, 0.15) is 5.56 Å². The molecule has 2 nitrogen and oxygen atoms in total. The molecule has 0 radical (unpaired) electrons. The number of ketones is 1. The zero-order valence-electron chi connectivity index (χ0n) is 9.72. The predicted octanol–water partition coefficient (Wildman–Crippen LogP) is 4.41. The Morgan fingerprint density at radius 3 is 2.50 bits per heavy atom. The summed E-state index contributed by atoms with van der Waals surface area (Å²) in [5.41, 5.74) is -4.48. The van der Waals surface area contributed by atoms with Crippen LogP contribution in [0.25, 0.3) is 0 Å². The van der Waals surface area contributed by atoms with Crippen molar-refractivity contribution in [3.05, 3.63) is 23.8 Å². The minimum atomic E-state index is -4.59. The summed E-state index contributed by atoms with van der Waals surface area (Å²) in [7, 11) is 0. The summed E-state index contributed by atoms with van der Waals surface area (Å²) in [6, 6.07) is 3.12. The summed E-state index contributed by atoms with van der Waals surface area (Å²) in [6.07, 6.45) is -0.224. The Balaban J connectivity index is 3.05. The van der Waals surface area contributed by atoms with Gasteiger partial charge in [-0.1, -0.05) is 22.0 Å². The van der Waals surface area contributed by atoms with Gasteiger partial charge < -0.3 is 4.74 Å². The Morgan fingerprint density at radius 1 is 1.35 bits per heavy atom. The lowest BCUT2D eigenvalue weighted by atomic mass is 10.1. The van der Waals surface area contributed by atoms with Crippen LogP contribution >= 0.6 is 27.7 Å². The highest BCUT2D eigenvalue weighted by molar-refractivity contribution is 9.09. The molecule has 1 aromatic rings. The molecule has 0 heterocycles. The van der Waals surface area contributed by atoms with E-state index in [1.165, 1.54) is 6.07 Å². The molecule has 0 saturated carbocycles. The lowest BCUT2D eigenvalue weighted by Crippen LogP contribution is -2.08. The molecular weight excluding hydrogens is 371 g/mol. The molecule has 0 spiro atoms. The fraction of sp³-hybridized carbons (Fsp3) is 0.364. The van der Waals surface area contributed by atoms with E-state index in [0.29, 0.717) is 0 Å². The van der Waals surface area contributed by atoms with Gasteiger partial charge in [0.1, 0.15) is 11.5 Å². The second kappa shape index (κ2) is 7.26. The average molecular weight is 379 g/mol. The molecule has 1 rings (SSSR count). The van der Waals surface area contributed by atoms with E-state index in [-0.39, 0.29) is 33.7 Å². The quantitative estimate of drug-likeness (QED) is 0.416. The zero-order chi connectivity index (χ0) is 15.3. The molecule has 0 unspecified atom stereocenters. The molecule has 0 amide bonds. The monoisotopic (exact) mass is 378 g/mol. The fourth-order valence-corrected chi connectivity index (χ4v) is 2.23. The first-order valence-corrected chi connectivity index (χ1v) is 7.06. The van der Waals surface area contributed by atoms with E-state index in [1.807, 2.05) is 0 Å². The number of benzene rings is 1. The van der Waals surface area contributed by atoms with E-state index >= 15 is 0 Å². The first kappa shape index (κ1) is 17.2. The average Bonchev–Trinajstić information content (AvgIpc) is 2.29. The second-order valence-electron chi connectivity index (χ2n) is 3.54. The number of carbonyl (C=O) groups is 1. The molecule has 0 fully saturated rings. The summed E-state index contributed by atoms with van der Waals surface area (Å²) < 4.78 is 65.4. The van der Waals surface area contributed by atoms with Crippen molar-refractivity contribution in [1.29, 1.82) is 0 Å². The topological polar surface area (TPSA) is 26.3 Å². The summed E-state index contributed by atoms with van der Waals surface area (Å²) >= 11 is 2.43. The van der Waals surface area contributed by atoms with Crippen LogP contribution in [0.4, 0.5) is 22.0 Å². The van der Waals surface area contributed by atoms with Crippen LogP contribution in [0.2, 0.25) is 0 Å². The third-order valence-corrected chi connectivity index (χ3v) is 3.48.